The number of Topliss-reactive ketones (excluding diaryl/α,β-unsaturated/α-hetero) is 1. The minimum absolute atomic E-state index is 0.0137. The third kappa shape index (κ3) is 10.9. The molecule has 0 aromatic heterocycles. The maximum Gasteiger partial charge on any atom is 0.315 e. The number of isocyanates is 1. The van der Waals surface area contributed by atoms with Crippen LogP contribution in [0.5, 0.6) is 0 Å². The summed E-state index contributed by atoms with van der Waals surface area (Å²) < 4.78 is 51.3. The third-order valence-electron chi connectivity index (χ3n) is 16.2. The molecule has 20 heteroatoms. The molecule has 3 heterocycles. The Morgan fingerprint density at radius 3 is 1.71 bits per heavy atom. The Balaban J connectivity index is 0.000000431. The number of carbonyl (C=O) groups excluding carboxylic acids is 6. The lowest BCUT2D eigenvalue weighted by Gasteiger charge is -2.38. The van der Waals surface area contributed by atoms with Gasteiger partial charge in [0.2, 0.25) is 43.7 Å². The van der Waals surface area contributed by atoms with Crippen LogP contribution in [0.25, 0.3) is 0 Å². The summed E-state index contributed by atoms with van der Waals surface area (Å²) in [4.78, 5) is 83.3. The number of primary amides is 1. The number of nitrogens with two attached hydrogens (primary N) is 1. The Labute approximate surface area is 393 Å². The van der Waals surface area contributed by atoms with E-state index in [1.165, 1.54) is 14.7 Å². The van der Waals surface area contributed by atoms with E-state index in [2.05, 4.69) is 34.8 Å². The highest BCUT2D eigenvalue weighted by atomic mass is 32.2. The van der Waals surface area contributed by atoms with Crippen LogP contribution in [0.1, 0.15) is 140 Å². The van der Waals surface area contributed by atoms with E-state index in [0.717, 1.165) is 38.5 Å². The summed E-state index contributed by atoms with van der Waals surface area (Å²) in [5.74, 6) is -2.31. The number of rotatable bonds is 14. The molecule has 3 saturated carbocycles. The van der Waals surface area contributed by atoms with Crippen molar-refractivity contribution in [1.82, 2.24) is 29.5 Å². The van der Waals surface area contributed by atoms with E-state index in [1.54, 1.807) is 4.90 Å². The highest BCUT2D eigenvalue weighted by Crippen LogP contribution is 2.88. The second-order valence-corrected chi connectivity index (χ2v) is 27.8. The van der Waals surface area contributed by atoms with Crippen molar-refractivity contribution in [1.29, 1.82) is 0 Å². The summed E-state index contributed by atoms with van der Waals surface area (Å²) in [5, 5.41) is 8.73. The standard InChI is InChI=1S/C36H60N6O7S.C10H18N2O3S/c1-32(2,3)25(20-41-16-11-17-50(41,48)49)39-31(47)40-27(33(4,5)6)30(46)42-21-36(34(7,8)35(36)14-10-15-35)19-24(42)29(45)38-23(26(43)28(37)44)18-22-12-9-13-22;1-10(2,3)9(11-8-13)7-12-5-4-6-16(12,14)15/h22-25,27H,9-21H2,1-8H3,(H2,37,44)(H,38,45)(H2,39,40,47);9H,4-7H2,1-3H3/t23?,24-,25+,27+,36?;9-/m01/s1. The zero-order valence-electron chi connectivity index (χ0n) is 41.3. The number of amides is 5. The van der Waals surface area contributed by atoms with E-state index in [1.807, 2.05) is 62.3 Å². The molecule has 3 aliphatic heterocycles. The summed E-state index contributed by atoms with van der Waals surface area (Å²) in [5.41, 5.74) is 3.51. The van der Waals surface area contributed by atoms with Crippen LogP contribution in [0, 0.1) is 38.4 Å². The van der Waals surface area contributed by atoms with Crippen LogP contribution >= 0.6 is 0 Å². The predicted octanol–water partition coefficient (Wildman–Crippen LogP) is 3.45. The van der Waals surface area contributed by atoms with Gasteiger partial charge in [-0.15, -0.1) is 0 Å². The molecule has 0 aromatic rings. The quantitative estimate of drug-likeness (QED) is 0.112. The Hall–Kier alpha value is -3.45. The fourth-order valence-electron chi connectivity index (χ4n) is 11.2. The molecular formula is C46H78N8O10S2. The zero-order chi connectivity index (χ0) is 49.6. The Kier molecular flexibility index (Phi) is 15.5. The monoisotopic (exact) mass is 967 g/mol. The van der Waals surface area contributed by atoms with Crippen molar-refractivity contribution in [2.24, 2.45) is 49.1 Å². The van der Waals surface area contributed by atoms with Crippen molar-refractivity contribution >= 4 is 55.7 Å². The summed E-state index contributed by atoms with van der Waals surface area (Å²) in [6, 6.07) is -4.46. The van der Waals surface area contributed by atoms with E-state index in [4.69, 9.17) is 5.73 Å². The molecule has 2 spiro atoms. The average Bonchev–Trinajstić information content (AvgIpc) is 3.62. The molecule has 5 amide bonds. The van der Waals surface area contributed by atoms with Crippen molar-refractivity contribution in [3.05, 3.63) is 0 Å². The van der Waals surface area contributed by atoms with Gasteiger partial charge < -0.3 is 26.6 Å². The second-order valence-electron chi connectivity index (χ2n) is 23.6. The Bertz CT molecular complexity index is 2150. The topological polar surface area (TPSA) is 255 Å². The average molecular weight is 967 g/mol. The van der Waals surface area contributed by atoms with Crippen LogP contribution in [0.3, 0.4) is 0 Å². The van der Waals surface area contributed by atoms with Crippen LogP contribution in [0.15, 0.2) is 4.99 Å². The first kappa shape index (κ1) is 53.5. The number of nitrogens with zero attached hydrogens (tertiary/aromatic N) is 4. The first-order valence-electron chi connectivity index (χ1n) is 23.8. The minimum Gasteiger partial charge on any atom is -0.363 e. The Morgan fingerprint density at radius 2 is 1.32 bits per heavy atom. The molecule has 6 atom stereocenters. The van der Waals surface area contributed by atoms with Crippen LogP contribution in [0.2, 0.25) is 0 Å². The van der Waals surface area contributed by atoms with Gasteiger partial charge in [0, 0.05) is 44.2 Å². The van der Waals surface area contributed by atoms with Gasteiger partial charge in [-0.2, -0.15) is 8.61 Å². The summed E-state index contributed by atoms with van der Waals surface area (Å²) >= 11 is 0. The molecular weight excluding hydrogens is 889 g/mol. The molecule has 6 fully saturated rings. The summed E-state index contributed by atoms with van der Waals surface area (Å²) in [6.07, 6.45) is 9.47. The van der Waals surface area contributed by atoms with Crippen LogP contribution in [-0.2, 0) is 44.0 Å². The fourth-order valence-corrected chi connectivity index (χ4v) is 14.3. The van der Waals surface area contributed by atoms with Gasteiger partial charge in [0.05, 0.1) is 23.6 Å². The van der Waals surface area contributed by atoms with E-state index in [-0.39, 0.29) is 58.2 Å². The number of fused-ring (bicyclic) bond motifs is 1. The van der Waals surface area contributed by atoms with Crippen LogP contribution in [-0.4, -0.2) is 140 Å². The molecule has 2 unspecified atom stereocenters. The largest absolute Gasteiger partial charge is 0.363 e. The molecule has 5 N–H and O–H groups in total. The SMILES string of the molecule is CC(C)(C)[C@@H](CN1CCCS1(=O)=O)N=C=O.CC(C)(C)[C@H](NC(=O)N[C@H](CN1CCCS1(=O)=O)C(C)(C)C)C(=O)N1CC2(C[C@H]1C(=O)NC(CC1CCC1)C(=O)C(N)=O)C(C)(C)C21CCC1. The lowest BCUT2D eigenvalue weighted by atomic mass is 9.73. The molecule has 6 aliphatic rings. The van der Waals surface area contributed by atoms with Gasteiger partial charge in [-0.1, -0.05) is 102 Å². The number of carbonyl (C=O) groups is 5. The van der Waals surface area contributed by atoms with Crippen molar-refractivity contribution in [3.8, 4) is 0 Å². The van der Waals surface area contributed by atoms with Crippen molar-refractivity contribution in [2.45, 2.75) is 171 Å². The molecule has 0 bridgehead atoms. The van der Waals surface area contributed by atoms with Gasteiger partial charge in [-0.25, -0.2) is 31.4 Å². The van der Waals surface area contributed by atoms with Crippen molar-refractivity contribution in [2.75, 3.05) is 44.2 Å². The molecule has 6 rings (SSSR count). The molecule has 0 aromatic carbocycles. The minimum atomic E-state index is -3.39. The van der Waals surface area contributed by atoms with E-state index >= 15 is 0 Å². The number of aliphatic imine (C=N–C) groups is 1. The number of hydrogen-bond donors (Lipinski definition) is 4. The van der Waals surface area contributed by atoms with Crippen LogP contribution < -0.4 is 21.7 Å². The number of sulfonamides is 2. The van der Waals surface area contributed by atoms with Crippen LogP contribution in [0.4, 0.5) is 4.79 Å². The maximum atomic E-state index is 14.8. The van der Waals surface area contributed by atoms with Gasteiger partial charge in [0.15, 0.2) is 0 Å². The van der Waals surface area contributed by atoms with Gasteiger partial charge in [-0.3, -0.25) is 19.2 Å². The lowest BCUT2D eigenvalue weighted by Crippen LogP contribution is -2.62. The van der Waals surface area contributed by atoms with Crippen molar-refractivity contribution < 1.29 is 45.6 Å². The molecule has 374 valence electrons. The predicted molar refractivity (Wildman–Crippen MR) is 250 cm³/mol. The maximum absolute atomic E-state index is 14.8. The van der Waals surface area contributed by atoms with E-state index in [0.29, 0.717) is 45.3 Å². The smallest absolute Gasteiger partial charge is 0.315 e. The number of hydrogen-bond acceptors (Lipinski definition) is 11. The van der Waals surface area contributed by atoms with Gasteiger partial charge >= 0.3 is 6.03 Å². The van der Waals surface area contributed by atoms with E-state index < -0.39 is 84.6 Å². The van der Waals surface area contributed by atoms with Gasteiger partial charge in [0.1, 0.15) is 12.1 Å². The summed E-state index contributed by atoms with van der Waals surface area (Å²) in [7, 11) is -6.51. The first-order valence-corrected chi connectivity index (χ1v) is 27.0. The Morgan fingerprint density at radius 1 is 0.758 bits per heavy atom. The number of urea groups is 1. The number of nitrogens with one attached hydrogen (secondary N) is 3. The highest BCUT2D eigenvalue weighted by Gasteiger charge is 2.85. The zero-order valence-corrected chi connectivity index (χ0v) is 42.9. The molecule has 66 heavy (non-hydrogen) atoms. The summed E-state index contributed by atoms with van der Waals surface area (Å²) in [6.45, 7) is 23.2. The van der Waals surface area contributed by atoms with Gasteiger partial charge in [0.25, 0.3) is 5.91 Å². The fraction of sp³-hybridized carbons (Fsp3) is 0.870. The molecule has 0 radical (unpaired) electrons. The molecule has 3 saturated heterocycles. The normalized spacial score (nSPS) is 27.2. The molecule has 18 nitrogen and oxygen atoms in total. The third-order valence-corrected chi connectivity index (χ3v) is 20.0. The number of ketones is 1. The molecule has 3 aliphatic carbocycles. The van der Waals surface area contributed by atoms with Gasteiger partial charge in [-0.05, 0) is 71.5 Å². The lowest BCUT2D eigenvalue weighted by molar-refractivity contribution is -0.143. The first-order chi connectivity index (χ1) is 30.2. The second kappa shape index (κ2) is 19.2. The number of likely N-dealkylation sites (tertiary alicyclic amines) is 1. The highest BCUT2D eigenvalue weighted by molar-refractivity contribution is 7.89. The van der Waals surface area contributed by atoms with Crippen molar-refractivity contribution in [3.63, 3.8) is 0 Å². The van der Waals surface area contributed by atoms with E-state index in [9.17, 15) is 45.6 Å².